The standard InChI is InChI=1S/C9H6BrNO2S/c1-5-6(2-8(10)13-5)9(12)7-3-14-4-11-7/h2-4H,1H3. The molecule has 0 fully saturated rings. The molecular formula is C9H6BrNO2S. The summed E-state index contributed by atoms with van der Waals surface area (Å²) < 4.78 is 5.77. The Morgan fingerprint density at radius 3 is 2.93 bits per heavy atom. The molecule has 72 valence electrons. The number of hydrogen-bond acceptors (Lipinski definition) is 4. The van der Waals surface area contributed by atoms with E-state index < -0.39 is 0 Å². The molecule has 0 N–H and O–H groups in total. The Balaban J connectivity index is 2.41. The largest absolute Gasteiger partial charge is 0.454 e. The summed E-state index contributed by atoms with van der Waals surface area (Å²) in [4.78, 5) is 15.8. The minimum Gasteiger partial charge on any atom is -0.454 e. The minimum atomic E-state index is -0.0989. The highest BCUT2D eigenvalue weighted by molar-refractivity contribution is 9.10. The molecule has 2 heterocycles. The van der Waals surface area contributed by atoms with E-state index >= 15 is 0 Å². The van der Waals surface area contributed by atoms with Crippen molar-refractivity contribution in [3.8, 4) is 0 Å². The molecule has 0 amide bonds. The van der Waals surface area contributed by atoms with E-state index in [1.54, 1.807) is 23.9 Å². The van der Waals surface area contributed by atoms with Gasteiger partial charge in [0.2, 0.25) is 5.78 Å². The lowest BCUT2D eigenvalue weighted by atomic mass is 10.1. The first-order valence-corrected chi connectivity index (χ1v) is 5.61. The van der Waals surface area contributed by atoms with Gasteiger partial charge < -0.3 is 4.42 Å². The summed E-state index contributed by atoms with van der Waals surface area (Å²) in [6, 6.07) is 1.66. The van der Waals surface area contributed by atoms with Crippen molar-refractivity contribution in [2.45, 2.75) is 6.92 Å². The Kier molecular flexibility index (Phi) is 2.52. The Labute approximate surface area is 92.9 Å². The Morgan fingerprint density at radius 1 is 1.64 bits per heavy atom. The molecule has 0 atom stereocenters. The van der Waals surface area contributed by atoms with Gasteiger partial charge in [0.05, 0.1) is 11.1 Å². The second-order valence-electron chi connectivity index (χ2n) is 2.72. The number of thiazole rings is 1. The van der Waals surface area contributed by atoms with E-state index in [-0.39, 0.29) is 5.78 Å². The summed E-state index contributed by atoms with van der Waals surface area (Å²) in [5, 5.41) is 1.72. The maximum atomic E-state index is 11.8. The SMILES string of the molecule is Cc1oc(Br)cc1C(=O)c1cscn1. The molecule has 0 spiro atoms. The van der Waals surface area contributed by atoms with Crippen molar-refractivity contribution in [3.05, 3.63) is 38.6 Å². The maximum Gasteiger partial charge on any atom is 0.215 e. The number of hydrogen-bond donors (Lipinski definition) is 0. The maximum absolute atomic E-state index is 11.8. The van der Waals surface area contributed by atoms with Gasteiger partial charge in [0.15, 0.2) is 4.67 Å². The summed E-state index contributed by atoms with van der Waals surface area (Å²) in [6.45, 7) is 1.75. The summed E-state index contributed by atoms with van der Waals surface area (Å²) in [5.74, 6) is 0.507. The molecule has 0 unspecified atom stereocenters. The summed E-state index contributed by atoms with van der Waals surface area (Å²) >= 11 is 4.58. The lowest BCUT2D eigenvalue weighted by Crippen LogP contribution is -2.01. The van der Waals surface area contributed by atoms with Gasteiger partial charge in [-0.05, 0) is 22.9 Å². The van der Waals surface area contributed by atoms with Crippen LogP contribution in [0.3, 0.4) is 0 Å². The van der Waals surface area contributed by atoms with Crippen LogP contribution in [-0.4, -0.2) is 10.8 Å². The molecule has 0 aliphatic rings. The number of carbonyl (C=O) groups is 1. The number of nitrogens with zero attached hydrogens (tertiary/aromatic N) is 1. The number of carbonyl (C=O) groups excluding carboxylic acids is 1. The van der Waals surface area contributed by atoms with Crippen molar-refractivity contribution in [1.82, 2.24) is 4.98 Å². The molecule has 2 aromatic heterocycles. The van der Waals surface area contributed by atoms with E-state index in [4.69, 9.17) is 4.42 Å². The summed E-state index contributed by atoms with van der Waals surface area (Å²) in [6.07, 6.45) is 0. The van der Waals surface area contributed by atoms with Gasteiger partial charge in [0.25, 0.3) is 0 Å². The zero-order valence-corrected chi connectivity index (χ0v) is 9.68. The third-order valence-corrected chi connectivity index (χ3v) is 2.77. The zero-order chi connectivity index (χ0) is 10.1. The lowest BCUT2D eigenvalue weighted by molar-refractivity contribution is 0.103. The van der Waals surface area contributed by atoms with Crippen LogP contribution in [0.5, 0.6) is 0 Å². The summed E-state index contributed by atoms with van der Waals surface area (Å²) in [7, 11) is 0. The van der Waals surface area contributed by atoms with Crippen molar-refractivity contribution in [2.24, 2.45) is 0 Å². The Hall–Kier alpha value is -0.940. The molecule has 0 aliphatic carbocycles. The van der Waals surface area contributed by atoms with Crippen LogP contribution in [0.15, 0.2) is 26.0 Å². The van der Waals surface area contributed by atoms with Crippen LogP contribution < -0.4 is 0 Å². The van der Waals surface area contributed by atoms with Crippen LogP contribution in [0, 0.1) is 6.92 Å². The minimum absolute atomic E-state index is 0.0989. The van der Waals surface area contributed by atoms with Gasteiger partial charge in [-0.3, -0.25) is 4.79 Å². The van der Waals surface area contributed by atoms with Crippen LogP contribution in [0.1, 0.15) is 21.8 Å². The average molecular weight is 272 g/mol. The van der Waals surface area contributed by atoms with Crippen LogP contribution in [0.2, 0.25) is 0 Å². The fraction of sp³-hybridized carbons (Fsp3) is 0.111. The van der Waals surface area contributed by atoms with E-state index in [1.165, 1.54) is 11.3 Å². The quantitative estimate of drug-likeness (QED) is 0.789. The molecule has 0 aliphatic heterocycles. The number of aromatic nitrogens is 1. The van der Waals surface area contributed by atoms with E-state index in [0.717, 1.165) is 0 Å². The third kappa shape index (κ3) is 1.65. The van der Waals surface area contributed by atoms with Crippen molar-refractivity contribution in [2.75, 3.05) is 0 Å². The van der Waals surface area contributed by atoms with E-state index in [1.807, 2.05) is 0 Å². The Morgan fingerprint density at radius 2 is 2.43 bits per heavy atom. The monoisotopic (exact) mass is 271 g/mol. The predicted molar refractivity (Wildman–Crippen MR) is 56.7 cm³/mol. The van der Waals surface area contributed by atoms with Crippen molar-refractivity contribution >= 4 is 33.0 Å². The first-order valence-electron chi connectivity index (χ1n) is 3.87. The topological polar surface area (TPSA) is 43.1 Å². The highest BCUT2D eigenvalue weighted by Crippen LogP contribution is 2.22. The molecule has 2 rings (SSSR count). The highest BCUT2D eigenvalue weighted by atomic mass is 79.9. The second-order valence-corrected chi connectivity index (χ2v) is 4.22. The van der Waals surface area contributed by atoms with Crippen molar-refractivity contribution in [3.63, 3.8) is 0 Å². The molecule has 0 saturated heterocycles. The van der Waals surface area contributed by atoms with Crippen LogP contribution in [0.25, 0.3) is 0 Å². The number of furan rings is 1. The van der Waals surface area contributed by atoms with E-state index in [0.29, 0.717) is 21.7 Å². The highest BCUT2D eigenvalue weighted by Gasteiger charge is 2.17. The third-order valence-electron chi connectivity index (χ3n) is 1.80. The molecule has 0 bridgehead atoms. The molecule has 0 saturated carbocycles. The second kappa shape index (κ2) is 3.67. The number of rotatable bonds is 2. The van der Waals surface area contributed by atoms with Gasteiger partial charge in [-0.2, -0.15) is 0 Å². The first-order chi connectivity index (χ1) is 6.68. The van der Waals surface area contributed by atoms with Crippen LogP contribution in [0.4, 0.5) is 0 Å². The number of halogens is 1. The molecular weight excluding hydrogens is 266 g/mol. The van der Waals surface area contributed by atoms with E-state index in [9.17, 15) is 4.79 Å². The molecule has 0 aromatic carbocycles. The van der Waals surface area contributed by atoms with Gasteiger partial charge in [-0.1, -0.05) is 0 Å². The number of ketones is 1. The van der Waals surface area contributed by atoms with E-state index in [2.05, 4.69) is 20.9 Å². The fourth-order valence-corrected chi connectivity index (χ4v) is 2.14. The van der Waals surface area contributed by atoms with Crippen molar-refractivity contribution in [1.29, 1.82) is 0 Å². The van der Waals surface area contributed by atoms with Gasteiger partial charge in [-0.25, -0.2) is 4.98 Å². The van der Waals surface area contributed by atoms with Crippen molar-refractivity contribution < 1.29 is 9.21 Å². The normalized spacial score (nSPS) is 10.4. The lowest BCUT2D eigenvalue weighted by Gasteiger charge is -1.92. The number of aryl methyl sites for hydroxylation is 1. The summed E-state index contributed by atoms with van der Waals surface area (Å²) in [5.41, 5.74) is 2.66. The zero-order valence-electron chi connectivity index (χ0n) is 7.28. The van der Waals surface area contributed by atoms with Crippen LogP contribution >= 0.6 is 27.3 Å². The predicted octanol–water partition coefficient (Wildman–Crippen LogP) is 3.04. The Bertz CT molecular complexity index is 461. The first kappa shape index (κ1) is 9.61. The van der Waals surface area contributed by atoms with Gasteiger partial charge in [0.1, 0.15) is 11.5 Å². The van der Waals surface area contributed by atoms with Crippen LogP contribution in [-0.2, 0) is 0 Å². The molecule has 3 nitrogen and oxygen atoms in total. The van der Waals surface area contributed by atoms with Gasteiger partial charge >= 0.3 is 0 Å². The van der Waals surface area contributed by atoms with Gasteiger partial charge in [-0.15, -0.1) is 11.3 Å². The smallest absolute Gasteiger partial charge is 0.215 e. The van der Waals surface area contributed by atoms with Gasteiger partial charge in [0, 0.05) is 11.4 Å². The molecule has 5 heteroatoms. The molecule has 14 heavy (non-hydrogen) atoms. The molecule has 0 radical (unpaired) electrons. The fourth-order valence-electron chi connectivity index (χ4n) is 1.13. The average Bonchev–Trinajstić information content (AvgIpc) is 2.73. The molecule has 2 aromatic rings.